The molecular weight excluding hydrogens is 456 g/mol. The van der Waals surface area contributed by atoms with Gasteiger partial charge in [-0.25, -0.2) is 9.61 Å². The first-order chi connectivity index (χ1) is 17.7. The van der Waals surface area contributed by atoms with Gasteiger partial charge in [0.1, 0.15) is 0 Å². The van der Waals surface area contributed by atoms with Crippen LogP contribution in [0.25, 0.3) is 16.3 Å². The van der Waals surface area contributed by atoms with Crippen molar-refractivity contribution >= 4 is 22.2 Å². The number of nitrogens with one attached hydrogen (secondary N) is 2. The molecule has 1 aliphatic heterocycles. The molecule has 0 spiro atoms. The predicted molar refractivity (Wildman–Crippen MR) is 136 cm³/mol. The number of carbonyl (C=O) groups is 1. The highest BCUT2D eigenvalue weighted by Gasteiger charge is 2.27. The van der Waals surface area contributed by atoms with Crippen molar-refractivity contribution in [3.05, 3.63) is 76.0 Å². The summed E-state index contributed by atoms with van der Waals surface area (Å²) in [6.07, 6.45) is 7.23. The van der Waals surface area contributed by atoms with Crippen LogP contribution in [-0.4, -0.2) is 63.0 Å². The van der Waals surface area contributed by atoms with Crippen molar-refractivity contribution in [1.82, 2.24) is 30.0 Å². The Hall–Kier alpha value is -3.56. The number of aromatic nitrogens is 4. The lowest BCUT2D eigenvalue weighted by Gasteiger charge is -2.29. The molecule has 1 aromatic carbocycles. The second-order valence-electron chi connectivity index (χ2n) is 9.82. The summed E-state index contributed by atoms with van der Waals surface area (Å²) in [6.45, 7) is 4.26. The maximum absolute atomic E-state index is 13.1. The van der Waals surface area contributed by atoms with Crippen molar-refractivity contribution in [3.8, 4) is 0 Å². The monoisotopic (exact) mass is 486 g/mol. The van der Waals surface area contributed by atoms with Crippen LogP contribution in [0.5, 0.6) is 0 Å². The zero-order valence-corrected chi connectivity index (χ0v) is 20.2. The molecule has 186 valence electrons. The Labute approximate surface area is 208 Å². The number of aromatic amines is 1. The summed E-state index contributed by atoms with van der Waals surface area (Å²) in [4.78, 5) is 27.6. The molecule has 4 heterocycles. The Morgan fingerprint density at radius 1 is 1.06 bits per heavy atom. The number of benzene rings is 1. The number of hydrogen-bond acceptors (Lipinski definition) is 6. The first kappa shape index (κ1) is 22.9. The number of rotatable bonds is 5. The number of hydrogen-bond donors (Lipinski definition) is 2. The van der Waals surface area contributed by atoms with Crippen molar-refractivity contribution in [2.24, 2.45) is 0 Å². The van der Waals surface area contributed by atoms with Crippen molar-refractivity contribution in [2.75, 3.05) is 26.3 Å². The van der Waals surface area contributed by atoms with Gasteiger partial charge in [-0.1, -0.05) is 24.3 Å². The Balaban J connectivity index is 1.10. The number of amides is 1. The Bertz CT molecular complexity index is 1450. The molecule has 3 aromatic heterocycles. The topological polar surface area (TPSA) is 105 Å². The van der Waals surface area contributed by atoms with E-state index in [0.29, 0.717) is 10.9 Å². The Morgan fingerprint density at radius 2 is 1.83 bits per heavy atom. The van der Waals surface area contributed by atoms with E-state index < -0.39 is 0 Å². The Kier molecular flexibility index (Phi) is 6.25. The van der Waals surface area contributed by atoms with Crippen LogP contribution in [0.3, 0.4) is 0 Å². The molecule has 1 amide bonds. The fourth-order valence-electron chi connectivity index (χ4n) is 5.53. The third-order valence-electron chi connectivity index (χ3n) is 7.51. The highest BCUT2D eigenvalue weighted by molar-refractivity contribution is 6.00. The van der Waals surface area contributed by atoms with Crippen LogP contribution >= 0.6 is 0 Å². The summed E-state index contributed by atoms with van der Waals surface area (Å²) < 4.78 is 7.23. The summed E-state index contributed by atoms with van der Waals surface area (Å²) in [6, 6.07) is 11.8. The van der Waals surface area contributed by atoms with Gasteiger partial charge in [0.2, 0.25) is 0 Å². The molecule has 0 unspecified atom stereocenters. The number of carbonyl (C=O) groups excluding carboxylic acids is 1. The van der Waals surface area contributed by atoms with Gasteiger partial charge >= 0.3 is 0 Å². The maximum atomic E-state index is 13.1. The van der Waals surface area contributed by atoms with Crippen molar-refractivity contribution < 1.29 is 9.53 Å². The molecule has 4 aromatic rings. The van der Waals surface area contributed by atoms with Gasteiger partial charge < -0.3 is 10.1 Å². The smallest absolute Gasteiger partial charge is 0.272 e. The summed E-state index contributed by atoms with van der Waals surface area (Å²) in [5.41, 5.74) is 3.38. The maximum Gasteiger partial charge on any atom is 0.272 e. The van der Waals surface area contributed by atoms with Crippen LogP contribution in [-0.2, 0) is 11.3 Å². The summed E-state index contributed by atoms with van der Waals surface area (Å²) in [5, 5.41) is 16.3. The Morgan fingerprint density at radius 3 is 2.64 bits per heavy atom. The van der Waals surface area contributed by atoms with Gasteiger partial charge in [0, 0.05) is 43.2 Å². The molecule has 0 radical (unpaired) electrons. The largest absolute Gasteiger partial charge is 0.379 e. The van der Waals surface area contributed by atoms with Gasteiger partial charge in [-0.05, 0) is 43.4 Å². The predicted octanol–water partition coefficient (Wildman–Crippen LogP) is 2.86. The number of ether oxygens (including phenoxy) is 1. The van der Waals surface area contributed by atoms with E-state index >= 15 is 0 Å². The van der Waals surface area contributed by atoms with Gasteiger partial charge in [-0.15, -0.1) is 0 Å². The molecule has 9 nitrogen and oxygen atoms in total. The number of pyridine rings is 1. The van der Waals surface area contributed by atoms with Gasteiger partial charge in [0.15, 0.2) is 0 Å². The molecule has 0 bridgehead atoms. The normalized spacial score (nSPS) is 21.1. The highest BCUT2D eigenvalue weighted by Crippen LogP contribution is 2.34. The highest BCUT2D eigenvalue weighted by atomic mass is 16.5. The van der Waals surface area contributed by atoms with Crippen LogP contribution in [0.4, 0.5) is 0 Å². The van der Waals surface area contributed by atoms with Gasteiger partial charge in [0.25, 0.3) is 11.5 Å². The SMILES string of the molecule is O=C(NC1CCC(c2n[nH]c(=O)c3ccccc23)CC1)c1cnn2cc(CN3CCOCC3)ccc12. The minimum atomic E-state index is -0.156. The molecule has 2 aliphatic rings. The van der Waals surface area contributed by atoms with E-state index in [9.17, 15) is 9.59 Å². The minimum absolute atomic E-state index is 0.0815. The third kappa shape index (κ3) is 4.52. The molecule has 2 N–H and O–H groups in total. The molecule has 9 heteroatoms. The number of fused-ring (bicyclic) bond motifs is 2. The van der Waals surface area contributed by atoms with Crippen LogP contribution < -0.4 is 10.9 Å². The zero-order chi connectivity index (χ0) is 24.5. The van der Waals surface area contributed by atoms with Gasteiger partial charge in [-0.2, -0.15) is 10.2 Å². The number of morpholine rings is 1. The first-order valence-corrected chi connectivity index (χ1v) is 12.7. The molecule has 36 heavy (non-hydrogen) atoms. The van der Waals surface area contributed by atoms with E-state index in [0.717, 1.165) is 75.1 Å². The van der Waals surface area contributed by atoms with Gasteiger partial charge in [0.05, 0.1) is 41.6 Å². The van der Waals surface area contributed by atoms with E-state index in [1.54, 1.807) is 10.7 Å². The molecule has 2 fully saturated rings. The second-order valence-corrected chi connectivity index (χ2v) is 9.82. The van der Waals surface area contributed by atoms with Crippen LogP contribution in [0, 0.1) is 0 Å². The summed E-state index contributed by atoms with van der Waals surface area (Å²) >= 11 is 0. The van der Waals surface area contributed by atoms with Crippen LogP contribution in [0.2, 0.25) is 0 Å². The van der Waals surface area contributed by atoms with Crippen molar-refractivity contribution in [2.45, 2.75) is 44.2 Å². The fraction of sp³-hybridized carbons (Fsp3) is 0.407. The van der Waals surface area contributed by atoms with Crippen molar-refractivity contribution in [1.29, 1.82) is 0 Å². The molecule has 1 aliphatic carbocycles. The van der Waals surface area contributed by atoms with E-state index in [2.05, 4.69) is 31.6 Å². The lowest BCUT2D eigenvalue weighted by Crippen LogP contribution is -2.37. The number of H-pyrrole nitrogens is 1. The van der Waals surface area contributed by atoms with E-state index in [1.807, 2.05) is 36.5 Å². The van der Waals surface area contributed by atoms with E-state index in [4.69, 9.17) is 4.74 Å². The molecular formula is C27H30N6O3. The average molecular weight is 487 g/mol. The van der Waals surface area contributed by atoms with Crippen LogP contribution in [0.15, 0.2) is 53.6 Å². The zero-order valence-electron chi connectivity index (χ0n) is 20.2. The fourth-order valence-corrected chi connectivity index (χ4v) is 5.53. The standard InChI is InChI=1S/C27H30N6O3/c34-26(23-15-28-33-17-18(5-10-24(23)33)16-32-11-13-36-14-12-32)29-20-8-6-19(7-9-20)25-21-3-1-2-4-22(21)27(35)31-30-25/h1-5,10,15,17,19-20H,6-9,11-14,16H2,(H,29,34)(H,31,35). The minimum Gasteiger partial charge on any atom is -0.379 e. The molecule has 6 rings (SSSR count). The molecule has 0 atom stereocenters. The third-order valence-corrected chi connectivity index (χ3v) is 7.51. The second kappa shape index (κ2) is 9.83. The first-order valence-electron chi connectivity index (χ1n) is 12.7. The van der Waals surface area contributed by atoms with Crippen molar-refractivity contribution in [3.63, 3.8) is 0 Å². The van der Waals surface area contributed by atoms with Crippen LogP contribution in [0.1, 0.15) is 53.2 Å². The summed E-state index contributed by atoms with van der Waals surface area (Å²) in [7, 11) is 0. The quantitative estimate of drug-likeness (QED) is 0.450. The number of nitrogens with zero attached hydrogens (tertiary/aromatic N) is 4. The molecule has 1 saturated carbocycles. The average Bonchev–Trinajstić information content (AvgIpc) is 3.34. The lowest BCUT2D eigenvalue weighted by atomic mass is 9.82. The van der Waals surface area contributed by atoms with E-state index in [1.165, 1.54) is 5.56 Å². The molecule has 1 saturated heterocycles. The lowest BCUT2D eigenvalue weighted by molar-refractivity contribution is 0.0341. The van der Waals surface area contributed by atoms with Gasteiger partial charge in [-0.3, -0.25) is 14.5 Å². The van der Waals surface area contributed by atoms with E-state index in [-0.39, 0.29) is 23.4 Å². The summed E-state index contributed by atoms with van der Waals surface area (Å²) in [5.74, 6) is 0.184.